The minimum Gasteiger partial charge on any atom is -0.326 e. The number of piperidine rings is 1. The zero-order chi connectivity index (χ0) is 13.3. The average Bonchev–Trinajstić information content (AvgIpc) is 2.35. The highest BCUT2D eigenvalue weighted by Gasteiger charge is 2.27. The van der Waals surface area contributed by atoms with Crippen LogP contribution >= 0.6 is 0 Å². The third-order valence-corrected chi connectivity index (χ3v) is 4.02. The lowest BCUT2D eigenvalue weighted by Gasteiger charge is -2.38. The summed E-state index contributed by atoms with van der Waals surface area (Å²) in [4.78, 5) is 2.23. The van der Waals surface area contributed by atoms with Gasteiger partial charge in [-0.2, -0.15) is 0 Å². The van der Waals surface area contributed by atoms with Crippen LogP contribution in [0.25, 0.3) is 0 Å². The summed E-state index contributed by atoms with van der Waals surface area (Å²) in [5, 5.41) is 0. The highest BCUT2D eigenvalue weighted by molar-refractivity contribution is 5.21. The molecule has 0 spiro atoms. The van der Waals surface area contributed by atoms with Crippen molar-refractivity contribution in [1.82, 2.24) is 4.90 Å². The molecule has 100 valence electrons. The third-order valence-electron chi connectivity index (χ3n) is 4.02. The minimum absolute atomic E-state index is 0.0682. The summed E-state index contributed by atoms with van der Waals surface area (Å²) in [5.41, 5.74) is 6.86. The van der Waals surface area contributed by atoms with Gasteiger partial charge in [-0.25, -0.2) is 8.78 Å². The Bertz CT molecular complexity index is 422. The maximum absolute atomic E-state index is 13.2. The second-order valence-electron chi connectivity index (χ2n) is 5.27. The summed E-state index contributed by atoms with van der Waals surface area (Å²) in [6.07, 6.45) is 1.05. The number of hydrogen-bond donors (Lipinski definition) is 1. The average molecular weight is 254 g/mol. The van der Waals surface area contributed by atoms with Crippen LogP contribution in [0.4, 0.5) is 8.78 Å². The molecule has 4 heteroatoms. The molecule has 1 saturated heterocycles. The highest BCUT2D eigenvalue weighted by Crippen LogP contribution is 2.26. The maximum atomic E-state index is 13.2. The molecular formula is C14H20F2N2. The lowest BCUT2D eigenvalue weighted by Crippen LogP contribution is -2.48. The number of hydrogen-bond acceptors (Lipinski definition) is 2. The molecule has 0 aromatic heterocycles. The van der Waals surface area contributed by atoms with Crippen molar-refractivity contribution in [1.29, 1.82) is 0 Å². The Labute approximate surface area is 107 Å². The van der Waals surface area contributed by atoms with E-state index in [1.165, 1.54) is 12.1 Å². The van der Waals surface area contributed by atoms with E-state index in [-0.39, 0.29) is 12.1 Å². The molecule has 1 aromatic rings. The molecule has 2 N–H and O–H groups in total. The lowest BCUT2D eigenvalue weighted by molar-refractivity contribution is 0.128. The molecule has 2 rings (SSSR count). The Morgan fingerprint density at radius 2 is 2.06 bits per heavy atom. The van der Waals surface area contributed by atoms with Gasteiger partial charge in [0, 0.05) is 18.6 Å². The summed E-state index contributed by atoms with van der Waals surface area (Å²) in [5.74, 6) is -1.05. The van der Waals surface area contributed by atoms with Crippen molar-refractivity contribution >= 4 is 0 Å². The quantitative estimate of drug-likeness (QED) is 0.879. The number of nitrogens with zero attached hydrogens (tertiary/aromatic N) is 1. The van der Waals surface area contributed by atoms with E-state index in [9.17, 15) is 8.78 Å². The van der Waals surface area contributed by atoms with E-state index < -0.39 is 11.6 Å². The second-order valence-corrected chi connectivity index (χ2v) is 5.27. The lowest BCUT2D eigenvalue weighted by atomic mass is 9.92. The van der Waals surface area contributed by atoms with Gasteiger partial charge in [0.1, 0.15) is 0 Å². The van der Waals surface area contributed by atoms with E-state index in [4.69, 9.17) is 5.73 Å². The molecule has 0 bridgehead atoms. The number of likely N-dealkylation sites (tertiary alicyclic amines) is 1. The Hall–Kier alpha value is -1.00. The van der Waals surface area contributed by atoms with Gasteiger partial charge in [0.25, 0.3) is 0 Å². The van der Waals surface area contributed by atoms with Crippen LogP contribution < -0.4 is 5.73 Å². The smallest absolute Gasteiger partial charge is 0.159 e. The Balaban J connectivity index is 2.11. The summed E-state index contributed by atoms with van der Waals surface area (Å²) < 4.78 is 26.1. The molecule has 0 amide bonds. The van der Waals surface area contributed by atoms with E-state index in [0.29, 0.717) is 5.92 Å². The molecule has 1 fully saturated rings. The first-order valence-corrected chi connectivity index (χ1v) is 6.43. The molecule has 3 atom stereocenters. The number of benzene rings is 1. The van der Waals surface area contributed by atoms with Crippen molar-refractivity contribution in [2.45, 2.75) is 32.4 Å². The van der Waals surface area contributed by atoms with Crippen LogP contribution in [0.1, 0.15) is 31.9 Å². The van der Waals surface area contributed by atoms with Crippen LogP contribution in [-0.4, -0.2) is 24.0 Å². The van der Waals surface area contributed by atoms with Gasteiger partial charge in [-0.3, -0.25) is 4.90 Å². The van der Waals surface area contributed by atoms with Crippen LogP contribution in [0.3, 0.4) is 0 Å². The third kappa shape index (κ3) is 2.70. The molecule has 3 unspecified atom stereocenters. The standard InChI is InChI=1S/C14H20F2N2/c1-9-5-6-18(8-14(9)17)10(2)11-3-4-12(15)13(16)7-11/h3-4,7,9-10,14H,5-6,8,17H2,1-2H3. The number of rotatable bonds is 2. The predicted molar refractivity (Wildman–Crippen MR) is 68.1 cm³/mol. The zero-order valence-corrected chi connectivity index (χ0v) is 10.9. The summed E-state index contributed by atoms with van der Waals surface area (Å²) >= 11 is 0. The zero-order valence-electron chi connectivity index (χ0n) is 10.9. The van der Waals surface area contributed by atoms with Crippen molar-refractivity contribution in [3.05, 3.63) is 35.4 Å². The van der Waals surface area contributed by atoms with E-state index in [1.807, 2.05) is 6.92 Å². The molecule has 0 radical (unpaired) electrons. The summed E-state index contributed by atoms with van der Waals surface area (Å²) in [7, 11) is 0. The van der Waals surface area contributed by atoms with E-state index in [2.05, 4.69) is 11.8 Å². The topological polar surface area (TPSA) is 29.3 Å². The SMILES string of the molecule is CC1CCN(C(C)c2ccc(F)c(F)c2)CC1N. The molecule has 0 aliphatic carbocycles. The molecule has 1 aromatic carbocycles. The van der Waals surface area contributed by atoms with Crippen molar-refractivity contribution in [2.24, 2.45) is 11.7 Å². The van der Waals surface area contributed by atoms with Crippen LogP contribution in [0.2, 0.25) is 0 Å². The van der Waals surface area contributed by atoms with Crippen molar-refractivity contribution in [3.8, 4) is 0 Å². The van der Waals surface area contributed by atoms with Crippen molar-refractivity contribution in [3.63, 3.8) is 0 Å². The monoisotopic (exact) mass is 254 g/mol. The van der Waals surface area contributed by atoms with Gasteiger partial charge in [-0.1, -0.05) is 13.0 Å². The van der Waals surface area contributed by atoms with Gasteiger partial charge in [0.15, 0.2) is 11.6 Å². The van der Waals surface area contributed by atoms with E-state index in [0.717, 1.165) is 25.1 Å². The molecule has 1 heterocycles. The van der Waals surface area contributed by atoms with E-state index >= 15 is 0 Å². The van der Waals surface area contributed by atoms with E-state index in [1.54, 1.807) is 6.07 Å². The van der Waals surface area contributed by atoms with Gasteiger partial charge in [0.2, 0.25) is 0 Å². The van der Waals surface area contributed by atoms with Gasteiger partial charge in [0.05, 0.1) is 0 Å². The fourth-order valence-electron chi connectivity index (χ4n) is 2.46. The maximum Gasteiger partial charge on any atom is 0.159 e. The van der Waals surface area contributed by atoms with Gasteiger partial charge in [-0.05, 0) is 43.5 Å². The molecule has 1 aliphatic heterocycles. The first-order valence-electron chi connectivity index (χ1n) is 6.43. The number of halogens is 2. The molecule has 1 aliphatic rings. The first kappa shape index (κ1) is 13.4. The molecule has 18 heavy (non-hydrogen) atoms. The minimum atomic E-state index is -0.796. The van der Waals surface area contributed by atoms with Gasteiger partial charge >= 0.3 is 0 Å². The van der Waals surface area contributed by atoms with Crippen LogP contribution in [0.15, 0.2) is 18.2 Å². The largest absolute Gasteiger partial charge is 0.326 e. The Morgan fingerprint density at radius 1 is 1.33 bits per heavy atom. The normalized spacial score (nSPS) is 27.2. The van der Waals surface area contributed by atoms with Crippen LogP contribution in [0, 0.1) is 17.6 Å². The second kappa shape index (κ2) is 5.33. The van der Waals surface area contributed by atoms with Crippen LogP contribution in [0.5, 0.6) is 0 Å². The Morgan fingerprint density at radius 3 is 2.67 bits per heavy atom. The Kier molecular flexibility index (Phi) is 3.97. The molecule has 2 nitrogen and oxygen atoms in total. The fourth-order valence-corrected chi connectivity index (χ4v) is 2.46. The van der Waals surface area contributed by atoms with Gasteiger partial charge in [-0.15, -0.1) is 0 Å². The first-order chi connectivity index (χ1) is 8.49. The highest BCUT2D eigenvalue weighted by atomic mass is 19.2. The van der Waals surface area contributed by atoms with Gasteiger partial charge < -0.3 is 5.73 Å². The molecule has 0 saturated carbocycles. The van der Waals surface area contributed by atoms with Crippen LogP contribution in [-0.2, 0) is 0 Å². The summed E-state index contributed by atoms with van der Waals surface area (Å²) in [6.45, 7) is 5.93. The van der Waals surface area contributed by atoms with Crippen molar-refractivity contribution in [2.75, 3.05) is 13.1 Å². The predicted octanol–water partition coefficient (Wildman–Crippen LogP) is 2.69. The fraction of sp³-hybridized carbons (Fsp3) is 0.571. The van der Waals surface area contributed by atoms with Crippen molar-refractivity contribution < 1.29 is 8.78 Å². The number of nitrogens with two attached hydrogens (primary N) is 1. The molecular weight excluding hydrogens is 234 g/mol. The summed E-state index contributed by atoms with van der Waals surface area (Å²) in [6, 6.07) is 4.34.